The minimum absolute atomic E-state index is 0.160. The third-order valence-corrected chi connectivity index (χ3v) is 2.79. The molecular formula is C8H14N2OS. The van der Waals surface area contributed by atoms with Crippen LogP contribution in [-0.4, -0.2) is 47.9 Å². The standard InChI is InChI=1S/C8H14N2OS/c1-9(2)8(12)7-4-3-5-10(7)6-11/h6-7H,3-5H2,1-2H3. The number of hydrogen-bond donors (Lipinski definition) is 0. The van der Waals surface area contributed by atoms with Gasteiger partial charge in [-0.15, -0.1) is 0 Å². The molecule has 1 amide bonds. The Labute approximate surface area is 78.3 Å². The fourth-order valence-corrected chi connectivity index (χ4v) is 1.73. The van der Waals surface area contributed by atoms with Gasteiger partial charge in [0.15, 0.2) is 0 Å². The first-order valence-electron chi connectivity index (χ1n) is 4.09. The Kier molecular flexibility index (Phi) is 3.03. The Balaban J connectivity index is 2.61. The molecule has 0 radical (unpaired) electrons. The van der Waals surface area contributed by atoms with E-state index in [2.05, 4.69) is 0 Å². The van der Waals surface area contributed by atoms with Gasteiger partial charge in [0.05, 0.1) is 6.04 Å². The average Bonchev–Trinajstić information content (AvgIpc) is 2.49. The maximum Gasteiger partial charge on any atom is 0.210 e. The molecule has 1 atom stereocenters. The monoisotopic (exact) mass is 186 g/mol. The van der Waals surface area contributed by atoms with E-state index in [4.69, 9.17) is 12.2 Å². The second-order valence-corrected chi connectivity index (χ2v) is 3.65. The first kappa shape index (κ1) is 9.45. The molecule has 0 spiro atoms. The minimum Gasteiger partial charge on any atom is -0.371 e. The lowest BCUT2D eigenvalue weighted by Gasteiger charge is -2.25. The summed E-state index contributed by atoms with van der Waals surface area (Å²) in [5.41, 5.74) is 0. The van der Waals surface area contributed by atoms with Crippen LogP contribution in [0.25, 0.3) is 0 Å². The zero-order valence-electron chi connectivity index (χ0n) is 7.49. The maximum atomic E-state index is 10.6. The molecule has 1 unspecified atom stereocenters. The number of thiocarbonyl (C=S) groups is 1. The van der Waals surface area contributed by atoms with E-state index in [1.165, 1.54) is 0 Å². The topological polar surface area (TPSA) is 23.6 Å². The van der Waals surface area contributed by atoms with E-state index in [1.54, 1.807) is 4.90 Å². The first-order chi connectivity index (χ1) is 5.66. The van der Waals surface area contributed by atoms with Gasteiger partial charge in [-0.25, -0.2) is 0 Å². The van der Waals surface area contributed by atoms with Crippen molar-refractivity contribution >= 4 is 23.6 Å². The van der Waals surface area contributed by atoms with E-state index in [0.717, 1.165) is 30.8 Å². The molecular weight excluding hydrogens is 172 g/mol. The molecule has 0 aromatic heterocycles. The third kappa shape index (κ3) is 1.75. The lowest BCUT2D eigenvalue weighted by atomic mass is 10.2. The largest absolute Gasteiger partial charge is 0.371 e. The van der Waals surface area contributed by atoms with E-state index in [1.807, 2.05) is 19.0 Å². The van der Waals surface area contributed by atoms with Crippen LogP contribution in [0.2, 0.25) is 0 Å². The molecule has 12 heavy (non-hydrogen) atoms. The van der Waals surface area contributed by atoms with Crippen molar-refractivity contribution in [3.05, 3.63) is 0 Å². The fourth-order valence-electron chi connectivity index (χ4n) is 1.48. The van der Waals surface area contributed by atoms with Crippen LogP contribution < -0.4 is 0 Å². The molecule has 0 bridgehead atoms. The van der Waals surface area contributed by atoms with Crippen LogP contribution in [0.4, 0.5) is 0 Å². The van der Waals surface area contributed by atoms with Crippen molar-refractivity contribution in [2.75, 3.05) is 20.6 Å². The molecule has 0 aromatic carbocycles. The van der Waals surface area contributed by atoms with Gasteiger partial charge in [-0.1, -0.05) is 12.2 Å². The molecule has 0 N–H and O–H groups in total. The molecule has 4 heteroatoms. The van der Waals surface area contributed by atoms with Gasteiger partial charge in [-0.3, -0.25) is 4.79 Å². The molecule has 68 valence electrons. The highest BCUT2D eigenvalue weighted by Gasteiger charge is 2.27. The number of likely N-dealkylation sites (tertiary alicyclic amines) is 1. The Hall–Kier alpha value is -0.640. The van der Waals surface area contributed by atoms with E-state index in [9.17, 15) is 4.79 Å². The SMILES string of the molecule is CN(C)C(=S)C1CCCN1C=O. The molecule has 1 fully saturated rings. The summed E-state index contributed by atoms with van der Waals surface area (Å²) in [4.78, 5) is 15.1. The van der Waals surface area contributed by atoms with Crippen LogP contribution >= 0.6 is 12.2 Å². The zero-order chi connectivity index (χ0) is 9.14. The van der Waals surface area contributed by atoms with Gasteiger partial charge < -0.3 is 9.80 Å². The summed E-state index contributed by atoms with van der Waals surface area (Å²) in [5.74, 6) is 0. The summed E-state index contributed by atoms with van der Waals surface area (Å²) in [5, 5.41) is 0. The van der Waals surface area contributed by atoms with Crippen molar-refractivity contribution in [3.63, 3.8) is 0 Å². The highest BCUT2D eigenvalue weighted by atomic mass is 32.1. The highest BCUT2D eigenvalue weighted by molar-refractivity contribution is 7.80. The number of rotatable bonds is 2. The number of nitrogens with zero attached hydrogens (tertiary/aromatic N) is 2. The summed E-state index contributed by atoms with van der Waals surface area (Å²) in [6.45, 7) is 0.849. The van der Waals surface area contributed by atoms with Crippen LogP contribution in [0.3, 0.4) is 0 Å². The smallest absolute Gasteiger partial charge is 0.210 e. The quantitative estimate of drug-likeness (QED) is 0.463. The molecule has 1 aliphatic heterocycles. The molecule has 0 saturated carbocycles. The summed E-state index contributed by atoms with van der Waals surface area (Å²) >= 11 is 5.21. The van der Waals surface area contributed by atoms with Gasteiger partial charge in [0.2, 0.25) is 6.41 Å². The minimum atomic E-state index is 0.160. The molecule has 0 aliphatic carbocycles. The molecule has 3 nitrogen and oxygen atoms in total. The number of carbonyl (C=O) groups is 1. The van der Waals surface area contributed by atoms with Crippen molar-refractivity contribution in [1.29, 1.82) is 0 Å². The van der Waals surface area contributed by atoms with E-state index in [-0.39, 0.29) is 6.04 Å². The fraction of sp³-hybridized carbons (Fsp3) is 0.750. The van der Waals surface area contributed by atoms with Gasteiger partial charge in [0.25, 0.3) is 0 Å². The molecule has 1 rings (SSSR count). The van der Waals surface area contributed by atoms with Crippen LogP contribution in [0.1, 0.15) is 12.8 Å². The predicted molar refractivity (Wildman–Crippen MR) is 52.1 cm³/mol. The van der Waals surface area contributed by atoms with Crippen LogP contribution in [0.15, 0.2) is 0 Å². The summed E-state index contributed by atoms with van der Waals surface area (Å²) in [6.07, 6.45) is 2.97. The Morgan fingerprint density at radius 3 is 2.83 bits per heavy atom. The first-order valence-corrected chi connectivity index (χ1v) is 4.50. The number of likely N-dealkylation sites (N-methyl/N-ethyl adjacent to an activating group) is 1. The lowest BCUT2D eigenvalue weighted by Crippen LogP contribution is -2.40. The zero-order valence-corrected chi connectivity index (χ0v) is 8.30. The van der Waals surface area contributed by atoms with Crippen LogP contribution in [0.5, 0.6) is 0 Å². The highest BCUT2D eigenvalue weighted by Crippen LogP contribution is 2.17. The van der Waals surface area contributed by atoms with E-state index >= 15 is 0 Å². The van der Waals surface area contributed by atoms with Gasteiger partial charge in [0, 0.05) is 20.6 Å². The van der Waals surface area contributed by atoms with Crippen molar-refractivity contribution < 1.29 is 4.79 Å². The molecule has 1 saturated heterocycles. The number of amides is 1. The van der Waals surface area contributed by atoms with Crippen molar-refractivity contribution in [2.24, 2.45) is 0 Å². The van der Waals surface area contributed by atoms with Crippen molar-refractivity contribution in [1.82, 2.24) is 9.80 Å². The lowest BCUT2D eigenvalue weighted by molar-refractivity contribution is -0.117. The van der Waals surface area contributed by atoms with Crippen molar-refractivity contribution in [3.8, 4) is 0 Å². The summed E-state index contributed by atoms with van der Waals surface area (Å²) < 4.78 is 0. The van der Waals surface area contributed by atoms with Crippen LogP contribution in [-0.2, 0) is 4.79 Å². The Morgan fingerprint density at radius 1 is 1.67 bits per heavy atom. The predicted octanol–water partition coefficient (Wildman–Crippen LogP) is 0.496. The second-order valence-electron chi connectivity index (χ2n) is 3.23. The Bertz CT molecular complexity index is 193. The van der Waals surface area contributed by atoms with Crippen molar-refractivity contribution in [2.45, 2.75) is 18.9 Å². The summed E-state index contributed by atoms with van der Waals surface area (Å²) in [7, 11) is 3.84. The molecule has 0 aromatic rings. The molecule has 1 aliphatic rings. The normalized spacial score (nSPS) is 22.5. The van der Waals surface area contributed by atoms with Gasteiger partial charge in [0.1, 0.15) is 4.99 Å². The number of hydrogen-bond acceptors (Lipinski definition) is 2. The van der Waals surface area contributed by atoms with Crippen LogP contribution in [0, 0.1) is 0 Å². The van der Waals surface area contributed by atoms with Gasteiger partial charge in [-0.2, -0.15) is 0 Å². The van der Waals surface area contributed by atoms with E-state index in [0.29, 0.717) is 0 Å². The maximum absolute atomic E-state index is 10.6. The molecule has 1 heterocycles. The van der Waals surface area contributed by atoms with Gasteiger partial charge in [-0.05, 0) is 12.8 Å². The van der Waals surface area contributed by atoms with E-state index < -0.39 is 0 Å². The Morgan fingerprint density at radius 2 is 2.33 bits per heavy atom. The third-order valence-electron chi connectivity index (χ3n) is 2.16. The van der Waals surface area contributed by atoms with Gasteiger partial charge >= 0.3 is 0 Å². The number of carbonyl (C=O) groups excluding carboxylic acids is 1. The average molecular weight is 186 g/mol. The second kappa shape index (κ2) is 3.85. The summed E-state index contributed by atoms with van der Waals surface area (Å²) in [6, 6.07) is 0.160.